The van der Waals surface area contributed by atoms with E-state index in [1.807, 2.05) is 30.3 Å². The van der Waals surface area contributed by atoms with Gasteiger partial charge in [0.15, 0.2) is 17.9 Å². The third-order valence-corrected chi connectivity index (χ3v) is 4.79. The van der Waals surface area contributed by atoms with Gasteiger partial charge in [0.25, 0.3) is 0 Å². The standard InChI is InChI=1S/C21H22FNO4/c22-16-12-17(26-13-14-6-2-1-3-7-14)15-9-10-18(24)23-20(15)21(16)27-19-8-4-5-11-25-19/h1-3,6-7,12,19H,4-5,8-11,13H2,(H,23,24). The highest BCUT2D eigenvalue weighted by Gasteiger charge is 2.28. The van der Waals surface area contributed by atoms with Crippen molar-refractivity contribution in [3.63, 3.8) is 0 Å². The van der Waals surface area contributed by atoms with E-state index >= 15 is 0 Å². The molecule has 1 N–H and O–H groups in total. The Morgan fingerprint density at radius 1 is 1.19 bits per heavy atom. The first-order valence-corrected chi connectivity index (χ1v) is 9.31. The van der Waals surface area contributed by atoms with Crippen molar-refractivity contribution in [1.82, 2.24) is 0 Å². The highest BCUT2D eigenvalue weighted by atomic mass is 19.1. The van der Waals surface area contributed by atoms with Gasteiger partial charge in [-0.15, -0.1) is 0 Å². The molecule has 2 aromatic carbocycles. The minimum absolute atomic E-state index is 0.0389. The van der Waals surface area contributed by atoms with Gasteiger partial charge in [0, 0.05) is 24.5 Å². The molecule has 1 fully saturated rings. The monoisotopic (exact) mass is 371 g/mol. The van der Waals surface area contributed by atoms with Gasteiger partial charge < -0.3 is 19.5 Å². The Morgan fingerprint density at radius 2 is 2.04 bits per heavy atom. The fourth-order valence-electron chi connectivity index (χ4n) is 3.38. The maximum Gasteiger partial charge on any atom is 0.224 e. The number of amides is 1. The van der Waals surface area contributed by atoms with Crippen LogP contribution in [-0.2, 0) is 22.6 Å². The van der Waals surface area contributed by atoms with E-state index in [2.05, 4.69) is 5.32 Å². The van der Waals surface area contributed by atoms with Crippen molar-refractivity contribution in [2.45, 2.75) is 45.0 Å². The predicted octanol–water partition coefficient (Wildman–Crippen LogP) is 4.19. The Labute approximate surface area is 157 Å². The van der Waals surface area contributed by atoms with Crippen LogP contribution in [0.3, 0.4) is 0 Å². The number of benzene rings is 2. The third-order valence-electron chi connectivity index (χ3n) is 4.79. The molecule has 142 valence electrons. The van der Waals surface area contributed by atoms with E-state index in [0.29, 0.717) is 43.9 Å². The van der Waals surface area contributed by atoms with Crippen molar-refractivity contribution in [3.05, 3.63) is 53.3 Å². The van der Waals surface area contributed by atoms with Crippen molar-refractivity contribution in [2.75, 3.05) is 11.9 Å². The minimum Gasteiger partial charge on any atom is -0.488 e. The second-order valence-corrected chi connectivity index (χ2v) is 6.78. The lowest BCUT2D eigenvalue weighted by molar-refractivity contribution is -0.116. The van der Waals surface area contributed by atoms with Crippen LogP contribution in [0.5, 0.6) is 11.5 Å². The molecule has 2 aliphatic heterocycles. The summed E-state index contributed by atoms with van der Waals surface area (Å²) in [6, 6.07) is 11.0. The number of fused-ring (bicyclic) bond motifs is 1. The lowest BCUT2D eigenvalue weighted by Crippen LogP contribution is -2.27. The zero-order valence-electron chi connectivity index (χ0n) is 15.0. The Balaban J connectivity index is 1.62. The number of hydrogen-bond donors (Lipinski definition) is 1. The van der Waals surface area contributed by atoms with Gasteiger partial charge >= 0.3 is 0 Å². The zero-order chi connectivity index (χ0) is 18.6. The summed E-state index contributed by atoms with van der Waals surface area (Å²) in [5.41, 5.74) is 2.11. The molecule has 0 spiro atoms. The molecule has 0 radical (unpaired) electrons. The highest BCUT2D eigenvalue weighted by molar-refractivity contribution is 5.96. The van der Waals surface area contributed by atoms with Crippen LogP contribution in [0.1, 0.15) is 36.8 Å². The number of carbonyl (C=O) groups is 1. The number of rotatable bonds is 5. The molecule has 27 heavy (non-hydrogen) atoms. The minimum atomic E-state index is -0.562. The first-order chi connectivity index (χ1) is 13.2. The smallest absolute Gasteiger partial charge is 0.224 e. The molecule has 1 atom stereocenters. The first-order valence-electron chi connectivity index (χ1n) is 9.31. The summed E-state index contributed by atoms with van der Waals surface area (Å²) in [6.07, 6.45) is 2.97. The molecule has 0 bridgehead atoms. The van der Waals surface area contributed by atoms with Gasteiger partial charge in [-0.05, 0) is 24.8 Å². The molecule has 1 saturated heterocycles. The molecule has 0 saturated carbocycles. The summed E-state index contributed by atoms with van der Waals surface area (Å²) in [5, 5.41) is 2.76. The summed E-state index contributed by atoms with van der Waals surface area (Å²) in [4.78, 5) is 11.9. The average Bonchev–Trinajstić information content (AvgIpc) is 2.70. The van der Waals surface area contributed by atoms with E-state index in [4.69, 9.17) is 14.2 Å². The number of carbonyl (C=O) groups excluding carboxylic acids is 1. The molecule has 2 aromatic rings. The summed E-state index contributed by atoms with van der Waals surface area (Å²) >= 11 is 0. The SMILES string of the molecule is O=C1CCc2c(OCc3ccccc3)cc(F)c(OC3CCCCO3)c2N1. The molecule has 2 heterocycles. The topological polar surface area (TPSA) is 56.8 Å². The Bertz CT molecular complexity index is 819. The Hall–Kier alpha value is -2.60. The largest absolute Gasteiger partial charge is 0.488 e. The van der Waals surface area contributed by atoms with Crippen molar-refractivity contribution in [1.29, 1.82) is 0 Å². The number of halogens is 1. The summed E-state index contributed by atoms with van der Waals surface area (Å²) in [7, 11) is 0. The quantitative estimate of drug-likeness (QED) is 0.856. The number of ether oxygens (including phenoxy) is 3. The van der Waals surface area contributed by atoms with Crippen LogP contribution in [-0.4, -0.2) is 18.8 Å². The van der Waals surface area contributed by atoms with Gasteiger partial charge in [-0.1, -0.05) is 30.3 Å². The Kier molecular flexibility index (Phi) is 5.25. The maximum absolute atomic E-state index is 14.8. The van der Waals surface area contributed by atoms with E-state index in [0.717, 1.165) is 24.0 Å². The number of anilines is 1. The fraction of sp³-hybridized carbons (Fsp3) is 0.381. The third kappa shape index (κ3) is 4.06. The zero-order valence-corrected chi connectivity index (χ0v) is 15.0. The van der Waals surface area contributed by atoms with Gasteiger partial charge in [0.1, 0.15) is 12.4 Å². The van der Waals surface area contributed by atoms with Gasteiger partial charge in [-0.3, -0.25) is 4.79 Å². The lowest BCUT2D eigenvalue weighted by Gasteiger charge is -2.28. The molecule has 0 aromatic heterocycles. The van der Waals surface area contributed by atoms with Crippen LogP contribution >= 0.6 is 0 Å². The summed E-state index contributed by atoms with van der Waals surface area (Å²) in [5.74, 6) is -0.245. The lowest BCUT2D eigenvalue weighted by atomic mass is 10.0. The molecule has 1 amide bonds. The second kappa shape index (κ2) is 7.96. The predicted molar refractivity (Wildman–Crippen MR) is 98.3 cm³/mol. The van der Waals surface area contributed by atoms with Crippen molar-refractivity contribution in [3.8, 4) is 11.5 Å². The van der Waals surface area contributed by atoms with Crippen LogP contribution in [0.4, 0.5) is 10.1 Å². The first kappa shape index (κ1) is 17.8. The van der Waals surface area contributed by atoms with Crippen molar-refractivity contribution in [2.24, 2.45) is 0 Å². The average molecular weight is 371 g/mol. The van der Waals surface area contributed by atoms with Crippen LogP contribution in [0.2, 0.25) is 0 Å². The van der Waals surface area contributed by atoms with Gasteiger partial charge in [-0.25, -0.2) is 4.39 Å². The summed E-state index contributed by atoms with van der Waals surface area (Å²) < 4.78 is 32.0. The molecular weight excluding hydrogens is 349 g/mol. The van der Waals surface area contributed by atoms with Crippen molar-refractivity contribution >= 4 is 11.6 Å². The maximum atomic E-state index is 14.8. The van der Waals surface area contributed by atoms with Gasteiger partial charge in [0.2, 0.25) is 5.91 Å². The molecule has 6 heteroatoms. The highest BCUT2D eigenvalue weighted by Crippen LogP contribution is 2.42. The number of hydrogen-bond acceptors (Lipinski definition) is 4. The Morgan fingerprint density at radius 3 is 2.81 bits per heavy atom. The fourth-order valence-corrected chi connectivity index (χ4v) is 3.38. The van der Waals surface area contributed by atoms with Crippen LogP contribution < -0.4 is 14.8 Å². The molecule has 1 unspecified atom stereocenters. The molecule has 2 aliphatic rings. The second-order valence-electron chi connectivity index (χ2n) is 6.78. The molecule has 0 aliphatic carbocycles. The van der Waals surface area contributed by atoms with Gasteiger partial charge in [0.05, 0.1) is 12.3 Å². The van der Waals surface area contributed by atoms with E-state index in [9.17, 15) is 9.18 Å². The number of nitrogens with one attached hydrogen (secondary N) is 1. The molecule has 4 rings (SSSR count). The molecule has 5 nitrogen and oxygen atoms in total. The van der Waals surface area contributed by atoms with E-state index in [-0.39, 0.29) is 11.7 Å². The van der Waals surface area contributed by atoms with E-state index < -0.39 is 12.1 Å². The normalized spacial score (nSPS) is 19.1. The van der Waals surface area contributed by atoms with E-state index in [1.165, 1.54) is 6.07 Å². The van der Waals surface area contributed by atoms with E-state index in [1.54, 1.807) is 0 Å². The van der Waals surface area contributed by atoms with Gasteiger partial charge in [-0.2, -0.15) is 0 Å². The van der Waals surface area contributed by atoms with Crippen LogP contribution in [0.15, 0.2) is 36.4 Å². The summed E-state index contributed by atoms with van der Waals surface area (Å²) in [6.45, 7) is 0.922. The van der Waals surface area contributed by atoms with Crippen LogP contribution in [0, 0.1) is 5.82 Å². The van der Waals surface area contributed by atoms with Crippen LogP contribution in [0.25, 0.3) is 0 Å². The van der Waals surface area contributed by atoms with Crippen molar-refractivity contribution < 1.29 is 23.4 Å². The molecular formula is C21H22FNO4.